The summed E-state index contributed by atoms with van der Waals surface area (Å²) >= 11 is 5.74. The molecule has 2 aromatic carbocycles. The Labute approximate surface area is 127 Å². The summed E-state index contributed by atoms with van der Waals surface area (Å²) in [6, 6.07) is 9.30. The Hall–Kier alpha value is -2.40. The predicted molar refractivity (Wildman–Crippen MR) is 80.6 cm³/mol. The second-order valence-electron chi connectivity index (χ2n) is 4.18. The Balaban J connectivity index is 2.30. The van der Waals surface area contributed by atoms with Crippen molar-refractivity contribution in [2.75, 3.05) is 19.5 Å². The van der Waals surface area contributed by atoms with Crippen molar-refractivity contribution in [1.82, 2.24) is 0 Å². The van der Waals surface area contributed by atoms with Crippen LogP contribution in [0.4, 0.5) is 5.69 Å². The van der Waals surface area contributed by atoms with Crippen LogP contribution in [0, 0.1) is 0 Å². The number of anilines is 1. The molecular weight excluding hydrogens is 294 g/mol. The highest BCUT2D eigenvalue weighted by Gasteiger charge is 2.14. The zero-order chi connectivity index (χ0) is 15.4. The van der Waals surface area contributed by atoms with Crippen LogP contribution in [0.2, 0.25) is 5.02 Å². The fraction of sp³-hybridized carbons (Fsp3) is 0.133. The predicted octanol–water partition coefficient (Wildman–Crippen LogP) is 3.32. The monoisotopic (exact) mass is 307 g/mol. The zero-order valence-electron chi connectivity index (χ0n) is 11.5. The summed E-state index contributed by atoms with van der Waals surface area (Å²) < 4.78 is 10.3. The van der Waals surface area contributed by atoms with Gasteiger partial charge in [-0.15, -0.1) is 0 Å². The van der Waals surface area contributed by atoms with Crippen molar-refractivity contribution in [2.45, 2.75) is 0 Å². The zero-order valence-corrected chi connectivity index (χ0v) is 12.3. The van der Waals surface area contributed by atoms with E-state index in [1.807, 2.05) is 0 Å². The van der Waals surface area contributed by atoms with Gasteiger partial charge in [0.1, 0.15) is 17.2 Å². The van der Waals surface area contributed by atoms with E-state index in [0.717, 1.165) is 0 Å². The number of phenolic OH excluding ortho intramolecular Hbond substituents is 1. The van der Waals surface area contributed by atoms with Gasteiger partial charge in [0, 0.05) is 11.1 Å². The molecule has 0 saturated carbocycles. The lowest BCUT2D eigenvalue weighted by Gasteiger charge is -2.12. The maximum Gasteiger partial charge on any atom is 0.259 e. The van der Waals surface area contributed by atoms with Crippen molar-refractivity contribution in [1.29, 1.82) is 0 Å². The summed E-state index contributed by atoms with van der Waals surface area (Å²) in [7, 11) is 3.02. The van der Waals surface area contributed by atoms with Crippen LogP contribution in [-0.2, 0) is 0 Å². The van der Waals surface area contributed by atoms with Crippen molar-refractivity contribution in [3.63, 3.8) is 0 Å². The van der Waals surface area contributed by atoms with E-state index in [4.69, 9.17) is 21.1 Å². The second-order valence-corrected chi connectivity index (χ2v) is 4.62. The molecule has 0 aliphatic rings. The van der Waals surface area contributed by atoms with Crippen molar-refractivity contribution < 1.29 is 19.4 Å². The molecule has 2 aromatic rings. The topological polar surface area (TPSA) is 67.8 Å². The van der Waals surface area contributed by atoms with Crippen LogP contribution in [0.15, 0.2) is 36.4 Å². The van der Waals surface area contributed by atoms with E-state index in [1.54, 1.807) is 18.2 Å². The lowest BCUT2D eigenvalue weighted by molar-refractivity contribution is 0.102. The number of carbonyl (C=O) groups is 1. The summed E-state index contributed by atoms with van der Waals surface area (Å²) in [5.74, 6) is 0.390. The molecule has 0 atom stereocenters. The second kappa shape index (κ2) is 6.37. The van der Waals surface area contributed by atoms with Gasteiger partial charge in [0.05, 0.1) is 25.5 Å². The number of hydrogen-bond donors (Lipinski definition) is 2. The normalized spacial score (nSPS) is 10.0. The molecule has 0 fully saturated rings. The van der Waals surface area contributed by atoms with Crippen LogP contribution >= 0.6 is 11.6 Å². The van der Waals surface area contributed by atoms with Crippen molar-refractivity contribution >= 4 is 23.2 Å². The largest absolute Gasteiger partial charge is 0.507 e. The summed E-state index contributed by atoms with van der Waals surface area (Å²) in [6.45, 7) is 0. The molecule has 21 heavy (non-hydrogen) atoms. The molecule has 0 unspecified atom stereocenters. The smallest absolute Gasteiger partial charge is 0.259 e. The van der Waals surface area contributed by atoms with E-state index in [-0.39, 0.29) is 11.3 Å². The van der Waals surface area contributed by atoms with Gasteiger partial charge in [0.25, 0.3) is 5.91 Å². The molecule has 1 amide bonds. The SMILES string of the molecule is COc1ccc(OC)c(NC(=O)c2ccc(Cl)cc2O)c1. The first-order valence-corrected chi connectivity index (χ1v) is 6.45. The fourth-order valence-electron chi connectivity index (χ4n) is 1.80. The molecule has 6 heteroatoms. The number of nitrogens with one attached hydrogen (secondary N) is 1. The van der Waals surface area contributed by atoms with Gasteiger partial charge < -0.3 is 19.9 Å². The average Bonchev–Trinajstić information content (AvgIpc) is 2.46. The Morgan fingerprint density at radius 3 is 2.52 bits per heavy atom. The highest BCUT2D eigenvalue weighted by atomic mass is 35.5. The third kappa shape index (κ3) is 3.38. The molecule has 0 bridgehead atoms. The van der Waals surface area contributed by atoms with E-state index >= 15 is 0 Å². The number of rotatable bonds is 4. The Morgan fingerprint density at radius 2 is 1.90 bits per heavy atom. The molecule has 110 valence electrons. The molecular formula is C15H14ClNO4. The van der Waals surface area contributed by atoms with E-state index < -0.39 is 5.91 Å². The number of halogens is 1. The molecule has 0 heterocycles. The number of ether oxygens (including phenoxy) is 2. The van der Waals surface area contributed by atoms with Crippen LogP contribution in [-0.4, -0.2) is 25.2 Å². The summed E-state index contributed by atoms with van der Waals surface area (Å²) in [4.78, 5) is 12.2. The van der Waals surface area contributed by atoms with E-state index in [9.17, 15) is 9.90 Å². The Morgan fingerprint density at radius 1 is 1.14 bits per heavy atom. The van der Waals surface area contributed by atoms with Gasteiger partial charge in [-0.3, -0.25) is 4.79 Å². The number of methoxy groups -OCH3 is 2. The highest BCUT2D eigenvalue weighted by molar-refractivity contribution is 6.31. The van der Waals surface area contributed by atoms with Crippen LogP contribution in [0.25, 0.3) is 0 Å². The minimum atomic E-state index is -0.476. The summed E-state index contributed by atoms with van der Waals surface area (Å²) in [5.41, 5.74) is 0.556. The first kappa shape index (κ1) is 15.0. The van der Waals surface area contributed by atoms with Crippen molar-refractivity contribution in [3.8, 4) is 17.2 Å². The van der Waals surface area contributed by atoms with Crippen LogP contribution < -0.4 is 14.8 Å². The van der Waals surface area contributed by atoms with Crippen molar-refractivity contribution in [3.05, 3.63) is 47.0 Å². The third-order valence-electron chi connectivity index (χ3n) is 2.86. The standard InChI is InChI=1S/C15H14ClNO4/c1-20-10-4-6-14(21-2)12(8-10)17-15(19)11-5-3-9(16)7-13(11)18/h3-8,18H,1-2H3,(H,17,19). The van der Waals surface area contributed by atoms with Crippen LogP contribution in [0.3, 0.4) is 0 Å². The van der Waals surface area contributed by atoms with E-state index in [1.165, 1.54) is 32.4 Å². The van der Waals surface area contributed by atoms with E-state index in [0.29, 0.717) is 22.2 Å². The number of aromatic hydroxyl groups is 1. The summed E-state index contributed by atoms with van der Waals surface area (Å²) in [5, 5.41) is 12.8. The first-order valence-electron chi connectivity index (χ1n) is 6.07. The van der Waals surface area contributed by atoms with Gasteiger partial charge in [-0.1, -0.05) is 11.6 Å². The molecule has 0 aromatic heterocycles. The van der Waals surface area contributed by atoms with Gasteiger partial charge in [0.15, 0.2) is 0 Å². The molecule has 0 spiro atoms. The molecule has 5 nitrogen and oxygen atoms in total. The molecule has 0 aliphatic heterocycles. The summed E-state index contributed by atoms with van der Waals surface area (Å²) in [6.07, 6.45) is 0. The van der Waals surface area contributed by atoms with Gasteiger partial charge in [0.2, 0.25) is 0 Å². The minimum Gasteiger partial charge on any atom is -0.507 e. The molecule has 2 rings (SSSR count). The lowest BCUT2D eigenvalue weighted by Crippen LogP contribution is -2.13. The first-order chi connectivity index (χ1) is 10.0. The van der Waals surface area contributed by atoms with Gasteiger partial charge in [-0.2, -0.15) is 0 Å². The van der Waals surface area contributed by atoms with Crippen LogP contribution in [0.1, 0.15) is 10.4 Å². The molecule has 2 N–H and O–H groups in total. The number of phenols is 1. The fourth-order valence-corrected chi connectivity index (χ4v) is 1.96. The maximum absolute atomic E-state index is 12.2. The average molecular weight is 308 g/mol. The van der Waals surface area contributed by atoms with Crippen LogP contribution in [0.5, 0.6) is 17.2 Å². The number of amides is 1. The number of hydrogen-bond acceptors (Lipinski definition) is 4. The Kier molecular flexibility index (Phi) is 4.55. The van der Waals surface area contributed by atoms with Gasteiger partial charge in [-0.25, -0.2) is 0 Å². The number of benzene rings is 2. The lowest BCUT2D eigenvalue weighted by atomic mass is 10.1. The van der Waals surface area contributed by atoms with E-state index in [2.05, 4.69) is 5.32 Å². The molecule has 0 saturated heterocycles. The quantitative estimate of drug-likeness (QED) is 0.909. The molecule has 0 aliphatic carbocycles. The van der Waals surface area contributed by atoms with Crippen molar-refractivity contribution in [2.24, 2.45) is 0 Å². The molecule has 0 radical (unpaired) electrons. The number of carbonyl (C=O) groups excluding carboxylic acids is 1. The third-order valence-corrected chi connectivity index (χ3v) is 3.09. The van der Waals surface area contributed by atoms with Gasteiger partial charge in [-0.05, 0) is 30.3 Å². The highest BCUT2D eigenvalue weighted by Crippen LogP contribution is 2.30. The Bertz CT molecular complexity index is 673. The minimum absolute atomic E-state index is 0.115. The maximum atomic E-state index is 12.2. The van der Waals surface area contributed by atoms with Gasteiger partial charge >= 0.3 is 0 Å².